The number of hydrogen-bond acceptors (Lipinski definition) is 4. The van der Waals surface area contributed by atoms with Crippen LogP contribution in [0.25, 0.3) is 0 Å². The first kappa shape index (κ1) is 21.5. The van der Waals surface area contributed by atoms with E-state index in [9.17, 15) is 8.42 Å². The van der Waals surface area contributed by atoms with Crippen molar-refractivity contribution < 1.29 is 13.2 Å². The van der Waals surface area contributed by atoms with Crippen LogP contribution in [0.1, 0.15) is 20.8 Å². The molecule has 9 heteroatoms. The molecule has 146 valence electrons. The first-order valence-electron chi connectivity index (χ1n) is 8.34. The first-order chi connectivity index (χ1) is 12.7. The molecule has 3 N–H and O–H groups in total. The molecule has 0 spiro atoms. The van der Waals surface area contributed by atoms with Gasteiger partial charge in [0.05, 0.1) is 6.61 Å². The van der Waals surface area contributed by atoms with Crippen LogP contribution in [0.3, 0.4) is 0 Å². The van der Waals surface area contributed by atoms with Gasteiger partial charge in [-0.25, -0.2) is 8.42 Å². The maximum absolute atomic E-state index is 12.8. The van der Waals surface area contributed by atoms with E-state index in [0.717, 1.165) is 5.69 Å². The van der Waals surface area contributed by atoms with Gasteiger partial charge in [0.2, 0.25) is 0 Å². The molecule has 0 fully saturated rings. The molecule has 0 saturated heterocycles. The Morgan fingerprint density at radius 2 is 1.78 bits per heavy atom. The minimum absolute atomic E-state index is 0.0724. The standard InChI is InChI=1S/C18H22BrN3O3S2/c1-4-25-16-10-5-13(19)11-17(16)27(23,24)22-15-8-6-14(7-9-15)21-18(26)20-12(2)3/h5-12,22H,4H2,1-3H3,(H2,20,21,26). The summed E-state index contributed by atoms with van der Waals surface area (Å²) in [6, 6.07) is 11.9. The van der Waals surface area contributed by atoms with Crippen LogP contribution in [-0.2, 0) is 10.0 Å². The Balaban J connectivity index is 2.17. The highest BCUT2D eigenvalue weighted by Crippen LogP contribution is 2.29. The molecule has 2 aromatic rings. The molecular weight excluding hydrogens is 450 g/mol. The molecule has 0 bridgehead atoms. The number of ether oxygens (including phenoxy) is 1. The van der Waals surface area contributed by atoms with Gasteiger partial charge in [-0.3, -0.25) is 4.72 Å². The molecule has 0 aliphatic carbocycles. The number of benzene rings is 2. The third kappa shape index (κ3) is 6.37. The zero-order valence-electron chi connectivity index (χ0n) is 15.2. The van der Waals surface area contributed by atoms with E-state index >= 15 is 0 Å². The van der Waals surface area contributed by atoms with Crippen molar-refractivity contribution in [1.29, 1.82) is 0 Å². The largest absolute Gasteiger partial charge is 0.492 e. The number of anilines is 2. The van der Waals surface area contributed by atoms with E-state index in [4.69, 9.17) is 17.0 Å². The fourth-order valence-corrected chi connectivity index (χ4v) is 4.32. The van der Waals surface area contributed by atoms with Crippen LogP contribution in [0, 0.1) is 0 Å². The molecule has 6 nitrogen and oxygen atoms in total. The molecule has 0 aliphatic heterocycles. The molecule has 0 aliphatic rings. The summed E-state index contributed by atoms with van der Waals surface area (Å²) in [4.78, 5) is 0.0724. The summed E-state index contributed by atoms with van der Waals surface area (Å²) < 4.78 is 34.2. The Morgan fingerprint density at radius 1 is 1.15 bits per heavy atom. The molecule has 0 aromatic heterocycles. The topological polar surface area (TPSA) is 79.5 Å². The number of thiocarbonyl (C=S) groups is 1. The van der Waals surface area contributed by atoms with Crippen LogP contribution in [0.4, 0.5) is 11.4 Å². The van der Waals surface area contributed by atoms with Gasteiger partial charge in [0.1, 0.15) is 10.6 Å². The van der Waals surface area contributed by atoms with E-state index in [1.807, 2.05) is 13.8 Å². The lowest BCUT2D eigenvalue weighted by Gasteiger charge is -2.15. The van der Waals surface area contributed by atoms with Crippen molar-refractivity contribution in [2.45, 2.75) is 31.7 Å². The van der Waals surface area contributed by atoms with Crippen molar-refractivity contribution in [3.05, 3.63) is 46.9 Å². The van der Waals surface area contributed by atoms with Gasteiger partial charge in [-0.15, -0.1) is 0 Å². The van der Waals surface area contributed by atoms with Gasteiger partial charge in [0.15, 0.2) is 5.11 Å². The normalized spacial score (nSPS) is 11.1. The SMILES string of the molecule is CCOc1ccc(Br)cc1S(=O)(=O)Nc1ccc(NC(=S)NC(C)C)cc1. The van der Waals surface area contributed by atoms with E-state index in [2.05, 4.69) is 31.3 Å². The summed E-state index contributed by atoms with van der Waals surface area (Å²) >= 11 is 8.50. The van der Waals surface area contributed by atoms with Crippen molar-refractivity contribution in [1.82, 2.24) is 5.32 Å². The summed E-state index contributed by atoms with van der Waals surface area (Å²) in [5, 5.41) is 6.63. The van der Waals surface area contributed by atoms with E-state index in [1.54, 1.807) is 43.3 Å². The summed E-state index contributed by atoms with van der Waals surface area (Å²) in [5.41, 5.74) is 1.19. The minimum atomic E-state index is -3.80. The molecule has 0 saturated carbocycles. The van der Waals surface area contributed by atoms with Gasteiger partial charge in [-0.05, 0) is 75.5 Å². The van der Waals surface area contributed by atoms with Gasteiger partial charge in [-0.1, -0.05) is 15.9 Å². The summed E-state index contributed by atoms with van der Waals surface area (Å²) in [6.07, 6.45) is 0. The first-order valence-corrected chi connectivity index (χ1v) is 11.0. The van der Waals surface area contributed by atoms with Gasteiger partial charge >= 0.3 is 0 Å². The Morgan fingerprint density at radius 3 is 2.37 bits per heavy atom. The third-order valence-electron chi connectivity index (χ3n) is 3.31. The molecule has 0 atom stereocenters. The van der Waals surface area contributed by atoms with E-state index in [0.29, 0.717) is 27.6 Å². The highest BCUT2D eigenvalue weighted by molar-refractivity contribution is 9.10. The molecule has 27 heavy (non-hydrogen) atoms. The van der Waals surface area contributed by atoms with Gasteiger partial charge < -0.3 is 15.4 Å². The Labute approximate surface area is 173 Å². The number of nitrogens with one attached hydrogen (secondary N) is 3. The maximum atomic E-state index is 12.8. The van der Waals surface area contributed by atoms with Crippen molar-refractivity contribution in [3.8, 4) is 5.75 Å². The minimum Gasteiger partial charge on any atom is -0.492 e. The van der Waals surface area contributed by atoms with Crippen molar-refractivity contribution in [3.63, 3.8) is 0 Å². The van der Waals surface area contributed by atoms with E-state index in [-0.39, 0.29) is 10.9 Å². The number of halogens is 1. The van der Waals surface area contributed by atoms with Crippen molar-refractivity contribution in [2.75, 3.05) is 16.6 Å². The molecule has 2 rings (SSSR count). The second-order valence-corrected chi connectivity index (χ2v) is 8.93. The molecule has 0 unspecified atom stereocenters. The predicted molar refractivity (Wildman–Crippen MR) is 117 cm³/mol. The van der Waals surface area contributed by atoms with E-state index < -0.39 is 10.0 Å². The average Bonchev–Trinajstić information content (AvgIpc) is 2.57. The van der Waals surface area contributed by atoms with Crippen molar-refractivity contribution >= 4 is 54.7 Å². The van der Waals surface area contributed by atoms with Crippen LogP contribution in [0.5, 0.6) is 5.75 Å². The lowest BCUT2D eigenvalue weighted by Crippen LogP contribution is -2.33. The second kappa shape index (κ2) is 9.38. The smallest absolute Gasteiger partial charge is 0.265 e. The summed E-state index contributed by atoms with van der Waals surface area (Å²) in [7, 11) is -3.80. The molecule has 2 aromatic carbocycles. The highest BCUT2D eigenvalue weighted by atomic mass is 79.9. The molecule has 0 amide bonds. The third-order valence-corrected chi connectivity index (χ3v) is 5.43. The molecule has 0 heterocycles. The Kier molecular flexibility index (Phi) is 7.46. The Hall–Kier alpha value is -1.84. The predicted octanol–water partition coefficient (Wildman–Crippen LogP) is 4.34. The monoisotopic (exact) mass is 471 g/mol. The van der Waals surface area contributed by atoms with Gasteiger partial charge in [0, 0.05) is 21.9 Å². The number of hydrogen-bond donors (Lipinski definition) is 3. The van der Waals surface area contributed by atoms with E-state index in [1.165, 1.54) is 6.07 Å². The molecular formula is C18H22BrN3O3S2. The summed E-state index contributed by atoms with van der Waals surface area (Å²) in [6.45, 7) is 6.15. The van der Waals surface area contributed by atoms with Crippen LogP contribution in [-0.4, -0.2) is 26.2 Å². The number of sulfonamides is 1. The lowest BCUT2D eigenvalue weighted by atomic mass is 10.3. The Bertz CT molecular complexity index is 901. The van der Waals surface area contributed by atoms with Gasteiger partial charge in [-0.2, -0.15) is 0 Å². The molecule has 0 radical (unpaired) electrons. The number of rotatable bonds is 7. The lowest BCUT2D eigenvalue weighted by molar-refractivity contribution is 0.331. The second-order valence-electron chi connectivity index (χ2n) is 5.96. The average molecular weight is 472 g/mol. The van der Waals surface area contributed by atoms with Crippen LogP contribution in [0.2, 0.25) is 0 Å². The van der Waals surface area contributed by atoms with Crippen LogP contribution in [0.15, 0.2) is 51.8 Å². The quantitative estimate of drug-likeness (QED) is 0.521. The van der Waals surface area contributed by atoms with Crippen LogP contribution >= 0.6 is 28.1 Å². The fourth-order valence-electron chi connectivity index (χ4n) is 2.23. The maximum Gasteiger partial charge on any atom is 0.265 e. The zero-order valence-corrected chi connectivity index (χ0v) is 18.5. The fraction of sp³-hybridized carbons (Fsp3) is 0.278. The van der Waals surface area contributed by atoms with Gasteiger partial charge in [0.25, 0.3) is 10.0 Å². The van der Waals surface area contributed by atoms with Crippen molar-refractivity contribution in [2.24, 2.45) is 0 Å². The van der Waals surface area contributed by atoms with Crippen LogP contribution < -0.4 is 20.1 Å². The zero-order chi connectivity index (χ0) is 20.0. The summed E-state index contributed by atoms with van der Waals surface area (Å²) in [5.74, 6) is 0.302. The highest BCUT2D eigenvalue weighted by Gasteiger charge is 2.20.